The number of amides is 1. The van der Waals surface area contributed by atoms with Crippen molar-refractivity contribution in [1.29, 1.82) is 0 Å². The van der Waals surface area contributed by atoms with Crippen molar-refractivity contribution in [3.63, 3.8) is 0 Å². The fourth-order valence-electron chi connectivity index (χ4n) is 2.97. The first-order valence-electron chi connectivity index (χ1n) is 7.88. The number of hydrogen-bond donors (Lipinski definition) is 1. The first-order chi connectivity index (χ1) is 11.2. The van der Waals surface area contributed by atoms with E-state index in [0.717, 1.165) is 5.56 Å². The van der Waals surface area contributed by atoms with Gasteiger partial charge in [0.15, 0.2) is 6.10 Å². The predicted octanol–water partition coefficient (Wildman–Crippen LogP) is 2.71. The molecule has 1 heterocycles. The van der Waals surface area contributed by atoms with Gasteiger partial charge in [-0.15, -0.1) is 0 Å². The number of aliphatic hydroxyl groups excluding tert-OH is 1. The molecule has 0 aliphatic carbocycles. The van der Waals surface area contributed by atoms with Crippen molar-refractivity contribution in [3.05, 3.63) is 71.8 Å². The number of morpholine rings is 1. The van der Waals surface area contributed by atoms with Crippen LogP contribution in [0.2, 0.25) is 0 Å². The zero-order valence-corrected chi connectivity index (χ0v) is 13.1. The second-order valence-electron chi connectivity index (χ2n) is 5.77. The molecule has 4 heteroatoms. The van der Waals surface area contributed by atoms with Gasteiger partial charge in [-0.25, -0.2) is 0 Å². The quantitative estimate of drug-likeness (QED) is 0.944. The lowest BCUT2D eigenvalue weighted by Crippen LogP contribution is -2.50. The summed E-state index contributed by atoms with van der Waals surface area (Å²) in [6, 6.07) is 19.0. The van der Waals surface area contributed by atoms with Gasteiger partial charge in [0, 0.05) is 6.54 Å². The van der Waals surface area contributed by atoms with Crippen molar-refractivity contribution in [2.45, 2.75) is 25.2 Å². The molecule has 0 radical (unpaired) electrons. The molecular weight excluding hydrogens is 290 g/mol. The second-order valence-corrected chi connectivity index (χ2v) is 5.77. The third-order valence-electron chi connectivity index (χ3n) is 4.33. The Balaban J connectivity index is 1.79. The van der Waals surface area contributed by atoms with E-state index in [1.807, 2.05) is 55.5 Å². The van der Waals surface area contributed by atoms with Gasteiger partial charge in [0.1, 0.15) is 6.10 Å². The molecule has 120 valence electrons. The van der Waals surface area contributed by atoms with E-state index in [9.17, 15) is 9.90 Å². The minimum Gasteiger partial charge on any atom is -0.385 e. The third-order valence-corrected chi connectivity index (χ3v) is 4.33. The van der Waals surface area contributed by atoms with Crippen LogP contribution in [-0.4, -0.2) is 35.2 Å². The van der Waals surface area contributed by atoms with Crippen molar-refractivity contribution in [2.75, 3.05) is 13.2 Å². The smallest absolute Gasteiger partial charge is 0.255 e. The molecule has 0 unspecified atom stereocenters. The highest BCUT2D eigenvalue weighted by Crippen LogP contribution is 2.28. The molecule has 3 rings (SSSR count). The Labute approximate surface area is 136 Å². The van der Waals surface area contributed by atoms with E-state index >= 15 is 0 Å². The Bertz CT molecular complexity index is 589. The minimum atomic E-state index is -0.950. The molecule has 0 bridgehead atoms. The summed E-state index contributed by atoms with van der Waals surface area (Å²) in [6.07, 6.45) is -1.80. The Morgan fingerprint density at radius 2 is 1.61 bits per heavy atom. The van der Waals surface area contributed by atoms with Crippen molar-refractivity contribution < 1.29 is 14.6 Å². The van der Waals surface area contributed by atoms with Gasteiger partial charge >= 0.3 is 0 Å². The van der Waals surface area contributed by atoms with Crippen molar-refractivity contribution in [3.8, 4) is 0 Å². The minimum absolute atomic E-state index is 0.0435. The van der Waals surface area contributed by atoms with E-state index in [0.29, 0.717) is 18.7 Å². The average Bonchev–Trinajstić information content (AvgIpc) is 2.62. The molecule has 1 fully saturated rings. The molecule has 1 aliphatic rings. The van der Waals surface area contributed by atoms with E-state index in [-0.39, 0.29) is 11.9 Å². The SMILES string of the molecule is C[C@@H](c1ccccc1)N1CCO[C@@H]([C@@H](O)c2ccccc2)C1=O. The van der Waals surface area contributed by atoms with Gasteiger partial charge in [-0.1, -0.05) is 60.7 Å². The molecule has 23 heavy (non-hydrogen) atoms. The van der Waals surface area contributed by atoms with Crippen molar-refractivity contribution in [2.24, 2.45) is 0 Å². The van der Waals surface area contributed by atoms with Crippen LogP contribution < -0.4 is 0 Å². The fourth-order valence-corrected chi connectivity index (χ4v) is 2.97. The Morgan fingerprint density at radius 3 is 2.22 bits per heavy atom. The number of carbonyl (C=O) groups is 1. The molecule has 1 amide bonds. The molecule has 0 aromatic heterocycles. The summed E-state index contributed by atoms with van der Waals surface area (Å²) >= 11 is 0. The summed E-state index contributed by atoms with van der Waals surface area (Å²) in [5.74, 6) is -0.163. The van der Waals surface area contributed by atoms with E-state index < -0.39 is 12.2 Å². The maximum absolute atomic E-state index is 12.8. The standard InChI is InChI=1S/C19H21NO3/c1-14(15-8-4-2-5-9-15)20-12-13-23-18(19(20)22)17(21)16-10-6-3-7-11-16/h2-11,14,17-18,21H,12-13H2,1H3/t14-,17-,18-/m0/s1. The van der Waals surface area contributed by atoms with E-state index in [4.69, 9.17) is 4.74 Å². The van der Waals surface area contributed by atoms with E-state index in [1.165, 1.54) is 0 Å². The summed E-state index contributed by atoms with van der Waals surface area (Å²) < 4.78 is 5.58. The van der Waals surface area contributed by atoms with Gasteiger partial charge in [0.2, 0.25) is 0 Å². The van der Waals surface area contributed by atoms with Crippen LogP contribution in [0, 0.1) is 0 Å². The van der Waals surface area contributed by atoms with Crippen LogP contribution in [-0.2, 0) is 9.53 Å². The maximum atomic E-state index is 12.8. The second kappa shape index (κ2) is 6.94. The van der Waals surface area contributed by atoms with Crippen LogP contribution in [0.1, 0.15) is 30.2 Å². The lowest BCUT2D eigenvalue weighted by molar-refractivity contribution is -0.166. The maximum Gasteiger partial charge on any atom is 0.255 e. The van der Waals surface area contributed by atoms with E-state index in [1.54, 1.807) is 17.0 Å². The third kappa shape index (κ3) is 3.28. The highest BCUT2D eigenvalue weighted by atomic mass is 16.5. The van der Waals surface area contributed by atoms with E-state index in [2.05, 4.69) is 0 Å². The molecule has 1 aliphatic heterocycles. The van der Waals surface area contributed by atoms with Gasteiger partial charge in [-0.05, 0) is 18.1 Å². The molecule has 2 aromatic rings. The Morgan fingerprint density at radius 1 is 1.04 bits per heavy atom. The topological polar surface area (TPSA) is 49.8 Å². The zero-order valence-electron chi connectivity index (χ0n) is 13.1. The van der Waals surface area contributed by atoms with Gasteiger partial charge < -0.3 is 14.7 Å². The first kappa shape index (κ1) is 15.7. The normalized spacial score (nSPS) is 21.0. The number of hydrogen-bond acceptors (Lipinski definition) is 3. The fraction of sp³-hybridized carbons (Fsp3) is 0.316. The summed E-state index contributed by atoms with van der Waals surface area (Å²) in [6.45, 7) is 2.97. The number of ether oxygens (including phenoxy) is 1. The monoisotopic (exact) mass is 311 g/mol. The number of rotatable bonds is 4. The number of nitrogens with zero attached hydrogens (tertiary/aromatic N) is 1. The summed E-state index contributed by atoms with van der Waals surface area (Å²) in [5.41, 5.74) is 1.77. The molecule has 1 saturated heterocycles. The van der Waals surface area contributed by atoms with Gasteiger partial charge in [0.25, 0.3) is 5.91 Å². The number of benzene rings is 2. The average molecular weight is 311 g/mol. The molecular formula is C19H21NO3. The molecule has 2 aromatic carbocycles. The zero-order chi connectivity index (χ0) is 16.2. The summed E-state index contributed by atoms with van der Waals surface area (Å²) in [4.78, 5) is 14.6. The summed E-state index contributed by atoms with van der Waals surface area (Å²) in [7, 11) is 0. The number of carbonyl (C=O) groups excluding carboxylic acids is 1. The first-order valence-corrected chi connectivity index (χ1v) is 7.88. The number of aliphatic hydroxyl groups is 1. The lowest BCUT2D eigenvalue weighted by Gasteiger charge is -2.38. The molecule has 3 atom stereocenters. The van der Waals surface area contributed by atoms with Crippen LogP contribution in [0.25, 0.3) is 0 Å². The van der Waals surface area contributed by atoms with Crippen LogP contribution in [0.15, 0.2) is 60.7 Å². The van der Waals surface area contributed by atoms with Gasteiger partial charge in [-0.2, -0.15) is 0 Å². The predicted molar refractivity (Wildman–Crippen MR) is 87.7 cm³/mol. The molecule has 1 N–H and O–H groups in total. The molecule has 4 nitrogen and oxygen atoms in total. The molecule has 0 spiro atoms. The molecule has 0 saturated carbocycles. The summed E-state index contributed by atoms with van der Waals surface area (Å²) in [5, 5.41) is 10.5. The Hall–Kier alpha value is -2.17. The van der Waals surface area contributed by atoms with Gasteiger partial charge in [-0.3, -0.25) is 4.79 Å². The highest BCUT2D eigenvalue weighted by molar-refractivity contribution is 5.82. The van der Waals surface area contributed by atoms with Gasteiger partial charge in [0.05, 0.1) is 12.6 Å². The van der Waals surface area contributed by atoms with Crippen LogP contribution in [0.3, 0.4) is 0 Å². The van der Waals surface area contributed by atoms with Crippen LogP contribution in [0.4, 0.5) is 0 Å². The van der Waals surface area contributed by atoms with Crippen LogP contribution in [0.5, 0.6) is 0 Å². The Kier molecular flexibility index (Phi) is 4.74. The van der Waals surface area contributed by atoms with Crippen LogP contribution >= 0.6 is 0 Å². The van der Waals surface area contributed by atoms with Crippen molar-refractivity contribution >= 4 is 5.91 Å². The largest absolute Gasteiger partial charge is 0.385 e. The lowest BCUT2D eigenvalue weighted by atomic mass is 10.00. The van der Waals surface area contributed by atoms with Crippen molar-refractivity contribution in [1.82, 2.24) is 4.90 Å². The highest BCUT2D eigenvalue weighted by Gasteiger charge is 2.37.